The zero-order valence-electron chi connectivity index (χ0n) is 17.7. The molecule has 0 unspecified atom stereocenters. The number of nitrogens with one attached hydrogen (secondary N) is 1. The Balaban J connectivity index is 1.63. The number of rotatable bonds is 7. The molecule has 0 radical (unpaired) electrons. The van der Waals surface area contributed by atoms with Gasteiger partial charge in [0.2, 0.25) is 0 Å². The highest BCUT2D eigenvalue weighted by Gasteiger charge is 2.15. The van der Waals surface area contributed by atoms with Crippen LogP contribution < -0.4 is 15.0 Å². The van der Waals surface area contributed by atoms with Crippen LogP contribution >= 0.6 is 0 Å². The summed E-state index contributed by atoms with van der Waals surface area (Å²) in [6.07, 6.45) is -0.442. The molecule has 1 amide bonds. The highest BCUT2D eigenvalue weighted by molar-refractivity contribution is 5.76. The van der Waals surface area contributed by atoms with Gasteiger partial charge in [0, 0.05) is 17.1 Å². The Bertz CT molecular complexity index is 881. The van der Waals surface area contributed by atoms with Crippen LogP contribution in [0.4, 0.5) is 21.9 Å². The Labute approximate surface area is 178 Å². The smallest absolute Gasteiger partial charge is 0.407 e. The van der Waals surface area contributed by atoms with Gasteiger partial charge in [0.1, 0.15) is 18.0 Å². The molecule has 156 valence electrons. The first-order valence-corrected chi connectivity index (χ1v) is 10.0. The zero-order valence-corrected chi connectivity index (χ0v) is 17.7. The van der Waals surface area contributed by atoms with Crippen LogP contribution in [0, 0.1) is 0 Å². The Morgan fingerprint density at radius 1 is 0.800 bits per heavy atom. The molecule has 30 heavy (non-hydrogen) atoms. The minimum absolute atomic E-state index is 0.361. The van der Waals surface area contributed by atoms with Crippen molar-refractivity contribution in [3.63, 3.8) is 0 Å². The average Bonchev–Trinajstić information content (AvgIpc) is 2.73. The maximum absolute atomic E-state index is 11.7. The van der Waals surface area contributed by atoms with Crippen molar-refractivity contribution in [3.05, 3.63) is 84.9 Å². The van der Waals surface area contributed by atoms with E-state index in [2.05, 4.69) is 34.5 Å². The summed E-state index contributed by atoms with van der Waals surface area (Å²) in [6.45, 7) is 6.23. The van der Waals surface area contributed by atoms with Gasteiger partial charge in [-0.25, -0.2) is 4.79 Å². The fourth-order valence-electron chi connectivity index (χ4n) is 2.93. The number of carbonyl (C=O) groups excluding carboxylic acids is 1. The van der Waals surface area contributed by atoms with Gasteiger partial charge >= 0.3 is 6.09 Å². The molecule has 0 saturated carbocycles. The summed E-state index contributed by atoms with van der Waals surface area (Å²) in [5, 5.41) is 2.69. The lowest BCUT2D eigenvalue weighted by Gasteiger charge is -2.25. The topological polar surface area (TPSA) is 50.8 Å². The van der Waals surface area contributed by atoms with Crippen molar-refractivity contribution in [1.29, 1.82) is 0 Å². The summed E-state index contributed by atoms with van der Waals surface area (Å²) < 4.78 is 10.9. The second-order valence-corrected chi connectivity index (χ2v) is 7.78. The van der Waals surface area contributed by atoms with E-state index in [1.54, 1.807) is 0 Å². The molecule has 0 fully saturated rings. The van der Waals surface area contributed by atoms with Gasteiger partial charge in [0.05, 0.1) is 6.54 Å². The lowest BCUT2D eigenvalue weighted by atomic mass is 10.2. The van der Waals surface area contributed by atoms with Crippen LogP contribution in [0.2, 0.25) is 0 Å². The highest BCUT2D eigenvalue weighted by atomic mass is 16.6. The fraction of sp³-hybridized carbons (Fsp3) is 0.240. The maximum Gasteiger partial charge on any atom is 0.407 e. The van der Waals surface area contributed by atoms with E-state index in [0.717, 1.165) is 22.8 Å². The van der Waals surface area contributed by atoms with Crippen LogP contribution in [0.3, 0.4) is 0 Å². The van der Waals surface area contributed by atoms with Crippen LogP contribution in [0.5, 0.6) is 5.75 Å². The minimum Gasteiger partial charge on any atom is -0.492 e. The van der Waals surface area contributed by atoms with Crippen molar-refractivity contribution < 1.29 is 14.3 Å². The molecule has 0 saturated heterocycles. The molecule has 5 nitrogen and oxygen atoms in total. The molecule has 0 aliphatic carbocycles. The SMILES string of the molecule is CC(C)(C)OC(=O)NCCOc1ccc(N(c2ccccc2)c2ccccc2)cc1. The van der Waals surface area contributed by atoms with Crippen LogP contribution in [-0.2, 0) is 4.74 Å². The molecule has 3 rings (SSSR count). The lowest BCUT2D eigenvalue weighted by Crippen LogP contribution is -2.34. The number of amides is 1. The van der Waals surface area contributed by atoms with Crippen molar-refractivity contribution in [3.8, 4) is 5.75 Å². The van der Waals surface area contributed by atoms with Crippen LogP contribution in [-0.4, -0.2) is 24.8 Å². The maximum atomic E-state index is 11.7. The van der Waals surface area contributed by atoms with Crippen molar-refractivity contribution in [2.24, 2.45) is 0 Å². The molecule has 3 aromatic carbocycles. The second-order valence-electron chi connectivity index (χ2n) is 7.78. The first-order chi connectivity index (χ1) is 14.4. The molecule has 0 aliphatic rings. The number of ether oxygens (including phenoxy) is 2. The van der Waals surface area contributed by atoms with E-state index in [-0.39, 0.29) is 0 Å². The third kappa shape index (κ3) is 6.27. The fourth-order valence-corrected chi connectivity index (χ4v) is 2.93. The molecule has 0 aliphatic heterocycles. The van der Waals surface area contributed by atoms with Crippen molar-refractivity contribution in [2.75, 3.05) is 18.1 Å². The largest absolute Gasteiger partial charge is 0.492 e. The Morgan fingerprint density at radius 3 is 1.80 bits per heavy atom. The predicted molar refractivity (Wildman–Crippen MR) is 121 cm³/mol. The normalized spacial score (nSPS) is 10.9. The molecule has 3 aromatic rings. The van der Waals surface area contributed by atoms with Gasteiger partial charge in [0.15, 0.2) is 0 Å². The van der Waals surface area contributed by atoms with Crippen molar-refractivity contribution in [2.45, 2.75) is 26.4 Å². The molecular weight excluding hydrogens is 376 g/mol. The molecule has 5 heteroatoms. The van der Waals surface area contributed by atoms with Gasteiger partial charge in [-0.05, 0) is 69.3 Å². The Morgan fingerprint density at radius 2 is 1.30 bits per heavy atom. The molecule has 0 heterocycles. The van der Waals surface area contributed by atoms with E-state index in [1.807, 2.05) is 81.4 Å². The number of benzene rings is 3. The van der Waals surface area contributed by atoms with Gasteiger partial charge in [-0.15, -0.1) is 0 Å². The molecule has 0 atom stereocenters. The molecule has 0 aromatic heterocycles. The van der Waals surface area contributed by atoms with E-state index < -0.39 is 11.7 Å². The number of nitrogens with zero attached hydrogens (tertiary/aromatic N) is 1. The number of anilines is 3. The van der Waals surface area contributed by atoms with Crippen molar-refractivity contribution >= 4 is 23.2 Å². The van der Waals surface area contributed by atoms with Crippen LogP contribution in [0.1, 0.15) is 20.8 Å². The number of para-hydroxylation sites is 2. The summed E-state index contributed by atoms with van der Waals surface area (Å²) >= 11 is 0. The third-order valence-corrected chi connectivity index (χ3v) is 4.16. The average molecular weight is 405 g/mol. The quantitative estimate of drug-likeness (QED) is 0.486. The number of hydrogen-bond acceptors (Lipinski definition) is 4. The number of hydrogen-bond donors (Lipinski definition) is 1. The van der Waals surface area contributed by atoms with Gasteiger partial charge in [0.25, 0.3) is 0 Å². The van der Waals surface area contributed by atoms with E-state index in [0.29, 0.717) is 13.2 Å². The van der Waals surface area contributed by atoms with Crippen LogP contribution in [0.25, 0.3) is 0 Å². The lowest BCUT2D eigenvalue weighted by molar-refractivity contribution is 0.0520. The molecule has 0 spiro atoms. The standard InChI is InChI=1S/C25H28N2O3/c1-25(2,3)30-24(28)26-18-19-29-23-16-14-22(15-17-23)27(20-10-6-4-7-11-20)21-12-8-5-9-13-21/h4-17H,18-19H2,1-3H3,(H,26,28). The molecule has 0 bridgehead atoms. The zero-order chi connectivity index (χ0) is 21.4. The summed E-state index contributed by atoms with van der Waals surface area (Å²) in [7, 11) is 0. The summed E-state index contributed by atoms with van der Waals surface area (Å²) in [5.74, 6) is 0.741. The van der Waals surface area contributed by atoms with E-state index in [1.165, 1.54) is 0 Å². The van der Waals surface area contributed by atoms with Gasteiger partial charge in [-0.3, -0.25) is 0 Å². The Hall–Kier alpha value is -3.47. The third-order valence-electron chi connectivity index (χ3n) is 4.16. The molecular formula is C25H28N2O3. The Kier molecular flexibility index (Phi) is 6.96. The molecule has 1 N–H and O–H groups in total. The highest BCUT2D eigenvalue weighted by Crippen LogP contribution is 2.34. The van der Waals surface area contributed by atoms with Crippen LogP contribution in [0.15, 0.2) is 84.9 Å². The van der Waals surface area contributed by atoms with Gasteiger partial charge in [-0.2, -0.15) is 0 Å². The first kappa shape index (κ1) is 21.2. The monoisotopic (exact) mass is 404 g/mol. The predicted octanol–water partition coefficient (Wildman–Crippen LogP) is 6.06. The second kappa shape index (κ2) is 9.83. The summed E-state index contributed by atoms with van der Waals surface area (Å²) in [5.41, 5.74) is 2.69. The van der Waals surface area contributed by atoms with E-state index in [9.17, 15) is 4.79 Å². The first-order valence-electron chi connectivity index (χ1n) is 10.0. The summed E-state index contributed by atoms with van der Waals surface area (Å²) in [6, 6.07) is 28.4. The van der Waals surface area contributed by atoms with E-state index >= 15 is 0 Å². The number of alkyl carbamates (subject to hydrolysis) is 1. The summed E-state index contributed by atoms with van der Waals surface area (Å²) in [4.78, 5) is 13.9. The van der Waals surface area contributed by atoms with Gasteiger partial charge in [-0.1, -0.05) is 36.4 Å². The van der Waals surface area contributed by atoms with E-state index in [4.69, 9.17) is 9.47 Å². The minimum atomic E-state index is -0.510. The van der Waals surface area contributed by atoms with Crippen molar-refractivity contribution in [1.82, 2.24) is 5.32 Å². The number of carbonyl (C=O) groups is 1. The van der Waals surface area contributed by atoms with Gasteiger partial charge < -0.3 is 19.7 Å².